The van der Waals surface area contributed by atoms with Gasteiger partial charge in [0.2, 0.25) is 5.91 Å². The van der Waals surface area contributed by atoms with Crippen LogP contribution in [0.3, 0.4) is 0 Å². The first kappa shape index (κ1) is 20.0. The van der Waals surface area contributed by atoms with Gasteiger partial charge in [-0.05, 0) is 44.9 Å². The molecule has 1 amide bonds. The number of amides is 1. The summed E-state index contributed by atoms with van der Waals surface area (Å²) in [4.78, 5) is 25.6. The number of nitrogens with one attached hydrogen (secondary N) is 1. The van der Waals surface area contributed by atoms with Crippen molar-refractivity contribution in [3.8, 4) is 16.9 Å². The zero-order valence-electron chi connectivity index (χ0n) is 15.7. The van der Waals surface area contributed by atoms with Crippen molar-refractivity contribution >= 4 is 28.2 Å². The van der Waals surface area contributed by atoms with Crippen LogP contribution in [0.2, 0.25) is 0 Å². The minimum absolute atomic E-state index is 0.0995. The molecular formula is C20H25NO4S. The Hall–Kier alpha value is -2.34. The van der Waals surface area contributed by atoms with Crippen molar-refractivity contribution in [2.24, 2.45) is 0 Å². The SMILES string of the molecule is CCCC(=O)Nc1sc(C)c(-c2ccc(OCC)cc2)c1C(=O)OCC. The van der Waals surface area contributed by atoms with E-state index in [0.29, 0.717) is 23.6 Å². The molecule has 0 saturated heterocycles. The molecule has 0 bridgehead atoms. The number of anilines is 1. The van der Waals surface area contributed by atoms with Crippen molar-refractivity contribution in [2.45, 2.75) is 40.5 Å². The van der Waals surface area contributed by atoms with Crippen LogP contribution >= 0.6 is 11.3 Å². The Balaban J connectivity index is 2.48. The van der Waals surface area contributed by atoms with Crippen molar-refractivity contribution in [3.05, 3.63) is 34.7 Å². The Kier molecular flexibility index (Phi) is 7.21. The first-order valence-corrected chi connectivity index (χ1v) is 9.66. The maximum atomic E-state index is 12.6. The lowest BCUT2D eigenvalue weighted by Gasteiger charge is -2.10. The quantitative estimate of drug-likeness (QED) is 0.657. The van der Waals surface area contributed by atoms with Gasteiger partial charge in [0, 0.05) is 16.9 Å². The number of aryl methyl sites for hydroxylation is 1. The van der Waals surface area contributed by atoms with E-state index in [1.54, 1.807) is 6.92 Å². The van der Waals surface area contributed by atoms with E-state index in [-0.39, 0.29) is 12.5 Å². The smallest absolute Gasteiger partial charge is 0.341 e. The van der Waals surface area contributed by atoms with Gasteiger partial charge in [-0.15, -0.1) is 11.3 Å². The normalized spacial score (nSPS) is 10.5. The van der Waals surface area contributed by atoms with Gasteiger partial charge in [0.15, 0.2) is 0 Å². The van der Waals surface area contributed by atoms with Gasteiger partial charge in [0.05, 0.1) is 13.2 Å². The van der Waals surface area contributed by atoms with Crippen molar-refractivity contribution < 1.29 is 19.1 Å². The maximum absolute atomic E-state index is 12.6. The summed E-state index contributed by atoms with van der Waals surface area (Å²) in [7, 11) is 0. The Morgan fingerprint density at radius 3 is 2.35 bits per heavy atom. The molecule has 140 valence electrons. The minimum Gasteiger partial charge on any atom is -0.494 e. The number of benzene rings is 1. The largest absolute Gasteiger partial charge is 0.494 e. The van der Waals surface area contributed by atoms with Gasteiger partial charge in [-0.25, -0.2) is 4.79 Å². The highest BCUT2D eigenvalue weighted by Gasteiger charge is 2.25. The fraction of sp³-hybridized carbons (Fsp3) is 0.400. The van der Waals surface area contributed by atoms with Gasteiger partial charge in [-0.2, -0.15) is 0 Å². The molecule has 5 nitrogen and oxygen atoms in total. The number of rotatable bonds is 8. The summed E-state index contributed by atoms with van der Waals surface area (Å²) in [6, 6.07) is 7.58. The third kappa shape index (κ3) is 4.64. The average molecular weight is 375 g/mol. The van der Waals surface area contributed by atoms with Crippen molar-refractivity contribution in [2.75, 3.05) is 18.5 Å². The van der Waals surface area contributed by atoms with Crippen LogP contribution in [-0.4, -0.2) is 25.1 Å². The summed E-state index contributed by atoms with van der Waals surface area (Å²) in [5, 5.41) is 3.41. The van der Waals surface area contributed by atoms with Crippen molar-refractivity contribution in [3.63, 3.8) is 0 Å². The Morgan fingerprint density at radius 2 is 1.77 bits per heavy atom. The van der Waals surface area contributed by atoms with Gasteiger partial charge in [-0.1, -0.05) is 19.1 Å². The Morgan fingerprint density at radius 1 is 1.08 bits per heavy atom. The van der Waals surface area contributed by atoms with Crippen LogP contribution in [0, 0.1) is 6.92 Å². The molecular weight excluding hydrogens is 350 g/mol. The van der Waals surface area contributed by atoms with Crippen LogP contribution in [0.5, 0.6) is 5.75 Å². The third-order valence-corrected chi connectivity index (χ3v) is 4.77. The monoisotopic (exact) mass is 375 g/mol. The summed E-state index contributed by atoms with van der Waals surface area (Å²) in [6.07, 6.45) is 1.16. The molecule has 26 heavy (non-hydrogen) atoms. The topological polar surface area (TPSA) is 64.6 Å². The molecule has 0 aliphatic heterocycles. The average Bonchev–Trinajstić information content (AvgIpc) is 2.92. The molecule has 2 rings (SSSR count). The standard InChI is InChI=1S/C20H25NO4S/c1-5-8-16(22)21-19-18(20(23)25-7-3)17(13(4)26-19)14-9-11-15(12-10-14)24-6-2/h9-12H,5-8H2,1-4H3,(H,21,22). The van der Waals surface area contributed by atoms with E-state index in [9.17, 15) is 9.59 Å². The second-order valence-electron chi connectivity index (χ2n) is 5.71. The molecule has 0 fully saturated rings. The van der Waals surface area contributed by atoms with E-state index in [1.807, 2.05) is 45.0 Å². The lowest BCUT2D eigenvalue weighted by atomic mass is 10.0. The number of carbonyl (C=O) groups is 2. The summed E-state index contributed by atoms with van der Waals surface area (Å²) >= 11 is 1.39. The number of esters is 1. The van der Waals surface area contributed by atoms with Gasteiger partial charge in [0.1, 0.15) is 16.3 Å². The number of carbonyl (C=O) groups excluding carboxylic acids is 2. The fourth-order valence-corrected chi connectivity index (χ4v) is 3.76. The van der Waals surface area contributed by atoms with E-state index in [1.165, 1.54) is 11.3 Å². The van der Waals surface area contributed by atoms with Gasteiger partial charge >= 0.3 is 5.97 Å². The molecule has 0 atom stereocenters. The molecule has 1 aromatic heterocycles. The van der Waals surface area contributed by atoms with E-state index >= 15 is 0 Å². The van der Waals surface area contributed by atoms with Gasteiger partial charge in [-0.3, -0.25) is 4.79 Å². The maximum Gasteiger partial charge on any atom is 0.341 e. The number of thiophene rings is 1. The summed E-state index contributed by atoms with van der Waals surface area (Å²) in [5.74, 6) is 0.253. The van der Waals surface area contributed by atoms with Crippen molar-refractivity contribution in [1.82, 2.24) is 0 Å². The lowest BCUT2D eigenvalue weighted by molar-refractivity contribution is -0.116. The first-order chi connectivity index (χ1) is 12.5. The van der Waals surface area contributed by atoms with E-state index in [0.717, 1.165) is 28.2 Å². The minimum atomic E-state index is -0.424. The summed E-state index contributed by atoms with van der Waals surface area (Å²) in [6.45, 7) is 8.45. The molecule has 1 aromatic carbocycles. The lowest BCUT2D eigenvalue weighted by Crippen LogP contribution is -2.14. The van der Waals surface area contributed by atoms with Crippen LogP contribution < -0.4 is 10.1 Å². The van der Waals surface area contributed by atoms with Crippen LogP contribution in [0.4, 0.5) is 5.00 Å². The highest BCUT2D eigenvalue weighted by atomic mass is 32.1. The number of hydrogen-bond acceptors (Lipinski definition) is 5. The summed E-state index contributed by atoms with van der Waals surface area (Å²) in [5.41, 5.74) is 2.10. The molecule has 0 saturated carbocycles. The predicted octanol–water partition coefficient (Wildman–Crippen LogP) is 5.04. The van der Waals surface area contributed by atoms with E-state index in [4.69, 9.17) is 9.47 Å². The molecule has 0 spiro atoms. The molecule has 0 aliphatic rings. The molecule has 1 N–H and O–H groups in total. The zero-order chi connectivity index (χ0) is 19.1. The third-order valence-electron chi connectivity index (χ3n) is 3.75. The van der Waals surface area contributed by atoms with Gasteiger partial charge in [0.25, 0.3) is 0 Å². The first-order valence-electron chi connectivity index (χ1n) is 8.85. The van der Waals surface area contributed by atoms with Gasteiger partial charge < -0.3 is 14.8 Å². The Bertz CT molecular complexity index is 765. The molecule has 1 heterocycles. The van der Waals surface area contributed by atoms with Crippen LogP contribution in [0.25, 0.3) is 11.1 Å². The Labute approximate surface area is 158 Å². The molecule has 0 aliphatic carbocycles. The number of hydrogen-bond donors (Lipinski definition) is 1. The molecule has 2 aromatic rings. The highest BCUT2D eigenvalue weighted by molar-refractivity contribution is 7.17. The van der Waals surface area contributed by atoms with Crippen LogP contribution in [-0.2, 0) is 9.53 Å². The fourth-order valence-electron chi connectivity index (χ4n) is 2.68. The second-order valence-corrected chi connectivity index (χ2v) is 6.94. The van der Waals surface area contributed by atoms with Crippen LogP contribution in [0.15, 0.2) is 24.3 Å². The van der Waals surface area contributed by atoms with Crippen LogP contribution in [0.1, 0.15) is 48.8 Å². The van der Waals surface area contributed by atoms with E-state index < -0.39 is 5.97 Å². The zero-order valence-corrected chi connectivity index (χ0v) is 16.5. The van der Waals surface area contributed by atoms with E-state index in [2.05, 4.69) is 5.32 Å². The highest BCUT2D eigenvalue weighted by Crippen LogP contribution is 2.40. The second kappa shape index (κ2) is 9.38. The molecule has 0 unspecified atom stereocenters. The number of ether oxygens (including phenoxy) is 2. The predicted molar refractivity (Wildman–Crippen MR) is 105 cm³/mol. The molecule has 0 radical (unpaired) electrons. The van der Waals surface area contributed by atoms with Crippen molar-refractivity contribution in [1.29, 1.82) is 0 Å². The molecule has 6 heteroatoms. The summed E-state index contributed by atoms with van der Waals surface area (Å²) < 4.78 is 10.7.